The first-order valence-electron chi connectivity index (χ1n) is 6.35. The van der Waals surface area contributed by atoms with Gasteiger partial charge in [-0.1, -0.05) is 13.8 Å². The van der Waals surface area contributed by atoms with Gasteiger partial charge < -0.3 is 14.2 Å². The molecule has 0 aliphatic carbocycles. The lowest BCUT2D eigenvalue weighted by Gasteiger charge is -2.01. The van der Waals surface area contributed by atoms with E-state index in [-0.39, 0.29) is 0 Å². The van der Waals surface area contributed by atoms with E-state index in [1.165, 1.54) is 11.1 Å². The predicted octanol–water partition coefficient (Wildman–Crippen LogP) is 4.38. The van der Waals surface area contributed by atoms with Crippen molar-refractivity contribution in [1.29, 1.82) is 0 Å². The number of benzene rings is 1. The summed E-state index contributed by atoms with van der Waals surface area (Å²) in [4.78, 5) is 3.40. The van der Waals surface area contributed by atoms with Gasteiger partial charge in [0.1, 0.15) is 11.5 Å². The first kappa shape index (κ1) is 11.8. The molecule has 2 aromatic heterocycles. The SMILES string of the molecule is Cc1cc(Oc2ccc3cc(C(C)C)[nH]c3c2)no1. The second kappa shape index (κ2) is 4.46. The number of hydrogen-bond acceptors (Lipinski definition) is 3. The molecule has 19 heavy (non-hydrogen) atoms. The van der Waals surface area contributed by atoms with Crippen molar-refractivity contribution in [3.8, 4) is 11.6 Å². The van der Waals surface area contributed by atoms with Crippen LogP contribution in [0.2, 0.25) is 0 Å². The number of H-pyrrole nitrogens is 1. The highest BCUT2D eigenvalue weighted by Gasteiger charge is 2.07. The summed E-state index contributed by atoms with van der Waals surface area (Å²) in [6.45, 7) is 6.17. The zero-order valence-corrected chi connectivity index (χ0v) is 11.2. The van der Waals surface area contributed by atoms with Gasteiger partial charge in [0.15, 0.2) is 0 Å². The van der Waals surface area contributed by atoms with Crippen LogP contribution in [0.25, 0.3) is 10.9 Å². The van der Waals surface area contributed by atoms with Gasteiger partial charge in [0.05, 0.1) is 0 Å². The standard InChI is InChI=1S/C15H16N2O2/c1-9(2)13-7-11-4-5-12(8-14(11)16-13)18-15-6-10(3)19-17-15/h4-9,16H,1-3H3. The largest absolute Gasteiger partial charge is 0.436 e. The minimum atomic E-state index is 0.479. The zero-order chi connectivity index (χ0) is 13.4. The Morgan fingerprint density at radius 1 is 1.21 bits per heavy atom. The fourth-order valence-electron chi connectivity index (χ4n) is 2.02. The molecule has 0 saturated carbocycles. The van der Waals surface area contributed by atoms with E-state index in [2.05, 4.69) is 30.1 Å². The minimum absolute atomic E-state index is 0.479. The maximum absolute atomic E-state index is 5.65. The molecule has 3 rings (SSSR count). The second-order valence-electron chi connectivity index (χ2n) is 5.01. The van der Waals surface area contributed by atoms with Gasteiger partial charge in [0.2, 0.25) is 0 Å². The Bertz CT molecular complexity index is 710. The fourth-order valence-corrected chi connectivity index (χ4v) is 2.02. The molecule has 0 radical (unpaired) electrons. The molecular formula is C15H16N2O2. The van der Waals surface area contributed by atoms with Gasteiger partial charge in [-0.2, -0.15) is 0 Å². The molecule has 0 aliphatic heterocycles. The Balaban J connectivity index is 1.92. The van der Waals surface area contributed by atoms with Crippen molar-refractivity contribution in [2.75, 3.05) is 0 Å². The number of nitrogens with zero attached hydrogens (tertiary/aromatic N) is 1. The smallest absolute Gasteiger partial charge is 0.259 e. The summed E-state index contributed by atoms with van der Waals surface area (Å²) in [6, 6.07) is 9.89. The quantitative estimate of drug-likeness (QED) is 0.756. The monoisotopic (exact) mass is 256 g/mol. The van der Waals surface area contributed by atoms with Crippen LogP contribution in [-0.4, -0.2) is 10.1 Å². The molecule has 0 atom stereocenters. The highest BCUT2D eigenvalue weighted by atomic mass is 16.5. The summed E-state index contributed by atoms with van der Waals surface area (Å²) in [6.07, 6.45) is 0. The predicted molar refractivity (Wildman–Crippen MR) is 73.7 cm³/mol. The molecule has 2 heterocycles. The van der Waals surface area contributed by atoms with Crippen molar-refractivity contribution in [1.82, 2.24) is 10.1 Å². The summed E-state index contributed by atoms with van der Waals surface area (Å²) >= 11 is 0. The van der Waals surface area contributed by atoms with Crippen molar-refractivity contribution in [3.05, 3.63) is 41.8 Å². The molecule has 0 amide bonds. The number of aromatic nitrogens is 2. The average molecular weight is 256 g/mol. The molecule has 0 unspecified atom stereocenters. The van der Waals surface area contributed by atoms with Gasteiger partial charge in [-0.25, -0.2) is 0 Å². The number of nitrogens with one attached hydrogen (secondary N) is 1. The van der Waals surface area contributed by atoms with Crippen LogP contribution in [0.4, 0.5) is 0 Å². The topological polar surface area (TPSA) is 51.0 Å². The molecule has 0 fully saturated rings. The fraction of sp³-hybridized carbons (Fsp3) is 0.267. The Morgan fingerprint density at radius 3 is 2.74 bits per heavy atom. The van der Waals surface area contributed by atoms with Crippen LogP contribution in [0.3, 0.4) is 0 Å². The first-order chi connectivity index (χ1) is 9.11. The lowest BCUT2D eigenvalue weighted by Crippen LogP contribution is -1.85. The molecule has 0 saturated heterocycles. The number of rotatable bonds is 3. The van der Waals surface area contributed by atoms with Crippen molar-refractivity contribution in [2.45, 2.75) is 26.7 Å². The van der Waals surface area contributed by atoms with Crippen molar-refractivity contribution >= 4 is 10.9 Å². The van der Waals surface area contributed by atoms with E-state index in [4.69, 9.17) is 9.26 Å². The molecule has 3 aromatic rings. The Kier molecular flexibility index (Phi) is 2.78. The lowest BCUT2D eigenvalue weighted by atomic mass is 10.1. The molecule has 98 valence electrons. The molecule has 0 bridgehead atoms. The second-order valence-corrected chi connectivity index (χ2v) is 5.01. The maximum atomic E-state index is 5.65. The lowest BCUT2D eigenvalue weighted by molar-refractivity contribution is 0.355. The van der Waals surface area contributed by atoms with Gasteiger partial charge in [0.25, 0.3) is 5.88 Å². The van der Waals surface area contributed by atoms with Crippen LogP contribution < -0.4 is 4.74 Å². The van der Waals surface area contributed by atoms with Gasteiger partial charge in [-0.15, -0.1) is 0 Å². The van der Waals surface area contributed by atoms with Crippen LogP contribution in [-0.2, 0) is 0 Å². The molecule has 1 aromatic carbocycles. The van der Waals surface area contributed by atoms with Gasteiger partial charge in [0, 0.05) is 23.3 Å². The van der Waals surface area contributed by atoms with Crippen LogP contribution in [0.15, 0.2) is 34.9 Å². The number of fused-ring (bicyclic) bond motifs is 1. The van der Waals surface area contributed by atoms with Crippen molar-refractivity contribution < 1.29 is 9.26 Å². The molecule has 0 spiro atoms. The number of aromatic amines is 1. The number of ether oxygens (including phenoxy) is 1. The molecule has 1 N–H and O–H groups in total. The van der Waals surface area contributed by atoms with Gasteiger partial charge in [-0.3, -0.25) is 0 Å². The third-order valence-electron chi connectivity index (χ3n) is 3.07. The van der Waals surface area contributed by atoms with E-state index in [9.17, 15) is 0 Å². The third kappa shape index (κ3) is 2.34. The summed E-state index contributed by atoms with van der Waals surface area (Å²) in [5, 5.41) is 5.00. The van der Waals surface area contributed by atoms with Crippen molar-refractivity contribution in [3.63, 3.8) is 0 Å². The first-order valence-corrected chi connectivity index (χ1v) is 6.35. The number of aryl methyl sites for hydroxylation is 1. The van der Waals surface area contributed by atoms with Crippen LogP contribution >= 0.6 is 0 Å². The number of hydrogen-bond donors (Lipinski definition) is 1. The minimum Gasteiger partial charge on any atom is -0.436 e. The Hall–Kier alpha value is -2.23. The highest BCUT2D eigenvalue weighted by molar-refractivity contribution is 5.82. The molecular weight excluding hydrogens is 240 g/mol. The summed E-state index contributed by atoms with van der Waals surface area (Å²) in [7, 11) is 0. The molecule has 0 aliphatic rings. The van der Waals surface area contributed by atoms with E-state index >= 15 is 0 Å². The zero-order valence-electron chi connectivity index (χ0n) is 11.2. The van der Waals surface area contributed by atoms with Crippen LogP contribution in [0.5, 0.6) is 11.6 Å². The Labute approximate surface area is 111 Å². The van der Waals surface area contributed by atoms with E-state index in [0.717, 1.165) is 17.0 Å². The summed E-state index contributed by atoms with van der Waals surface area (Å²) in [5.74, 6) is 2.44. The van der Waals surface area contributed by atoms with Crippen LogP contribution in [0, 0.1) is 6.92 Å². The average Bonchev–Trinajstić information content (AvgIpc) is 2.95. The van der Waals surface area contributed by atoms with E-state index in [0.29, 0.717) is 11.8 Å². The highest BCUT2D eigenvalue weighted by Crippen LogP contribution is 2.27. The normalized spacial score (nSPS) is 11.4. The van der Waals surface area contributed by atoms with E-state index in [1.54, 1.807) is 6.07 Å². The van der Waals surface area contributed by atoms with Crippen molar-refractivity contribution in [2.24, 2.45) is 0 Å². The van der Waals surface area contributed by atoms with Gasteiger partial charge >= 0.3 is 0 Å². The molecule has 4 nitrogen and oxygen atoms in total. The van der Waals surface area contributed by atoms with Crippen LogP contribution in [0.1, 0.15) is 31.2 Å². The van der Waals surface area contributed by atoms with Gasteiger partial charge in [-0.05, 0) is 41.6 Å². The summed E-state index contributed by atoms with van der Waals surface area (Å²) < 4.78 is 10.6. The van der Waals surface area contributed by atoms with E-state index in [1.807, 2.05) is 25.1 Å². The maximum Gasteiger partial charge on any atom is 0.259 e. The summed E-state index contributed by atoms with van der Waals surface area (Å²) in [5.41, 5.74) is 2.30. The Morgan fingerprint density at radius 2 is 2.05 bits per heavy atom. The molecule has 4 heteroatoms. The third-order valence-corrected chi connectivity index (χ3v) is 3.07. The van der Waals surface area contributed by atoms with E-state index < -0.39 is 0 Å².